The van der Waals surface area contributed by atoms with Gasteiger partial charge in [-0.25, -0.2) is 0 Å². The summed E-state index contributed by atoms with van der Waals surface area (Å²) in [6, 6.07) is 13.2. The molecule has 0 aliphatic heterocycles. The number of phenolic OH excluding ortho intramolecular Hbond substituents is 1. The van der Waals surface area contributed by atoms with Gasteiger partial charge in [0.15, 0.2) is 0 Å². The van der Waals surface area contributed by atoms with Gasteiger partial charge in [-0.05, 0) is 36.2 Å². The molecule has 0 saturated carbocycles. The predicted molar refractivity (Wildman–Crippen MR) is 80.3 cm³/mol. The molecule has 0 aromatic heterocycles. The van der Waals surface area contributed by atoms with Gasteiger partial charge >= 0.3 is 0 Å². The van der Waals surface area contributed by atoms with E-state index in [0.29, 0.717) is 5.56 Å². The molecule has 0 saturated heterocycles. The Balaban J connectivity index is 2.07. The summed E-state index contributed by atoms with van der Waals surface area (Å²) in [4.78, 5) is 23.9. The number of para-hydroxylation sites is 1. The number of aryl methyl sites for hydroxylation is 1. The van der Waals surface area contributed by atoms with Crippen LogP contribution in [0.5, 0.6) is 5.75 Å². The van der Waals surface area contributed by atoms with Gasteiger partial charge in [0.1, 0.15) is 5.75 Å². The van der Waals surface area contributed by atoms with E-state index in [4.69, 9.17) is 0 Å². The third-order valence-corrected chi connectivity index (χ3v) is 3.13. The van der Waals surface area contributed by atoms with E-state index < -0.39 is 11.8 Å². The number of imide groups is 1. The van der Waals surface area contributed by atoms with Crippen LogP contribution in [0.4, 0.5) is 0 Å². The Hall–Kier alpha value is -2.62. The second kappa shape index (κ2) is 6.70. The Labute approximate surface area is 123 Å². The lowest BCUT2D eigenvalue weighted by atomic mass is 10.1. The molecular weight excluding hydrogens is 266 g/mol. The van der Waals surface area contributed by atoms with E-state index in [1.165, 1.54) is 12.1 Å². The summed E-state index contributed by atoms with van der Waals surface area (Å²) in [6.45, 7) is 2.09. The highest BCUT2D eigenvalue weighted by molar-refractivity contribution is 6.11. The minimum atomic E-state index is -0.615. The average Bonchev–Trinajstić information content (AvgIpc) is 2.48. The smallest absolute Gasteiger partial charge is 0.261 e. The Morgan fingerprint density at radius 3 is 2.29 bits per heavy atom. The van der Waals surface area contributed by atoms with Crippen LogP contribution in [0.15, 0.2) is 48.5 Å². The normalized spacial score (nSPS) is 10.1. The number of nitrogens with one attached hydrogen (secondary N) is 1. The van der Waals surface area contributed by atoms with Crippen molar-refractivity contribution in [1.29, 1.82) is 0 Å². The van der Waals surface area contributed by atoms with E-state index in [2.05, 4.69) is 12.2 Å². The van der Waals surface area contributed by atoms with Gasteiger partial charge in [-0.2, -0.15) is 0 Å². The van der Waals surface area contributed by atoms with Gasteiger partial charge in [-0.3, -0.25) is 14.9 Å². The highest BCUT2D eigenvalue weighted by atomic mass is 16.3. The molecule has 2 amide bonds. The van der Waals surface area contributed by atoms with Crippen LogP contribution in [-0.2, 0) is 6.42 Å². The molecule has 4 heteroatoms. The molecule has 0 heterocycles. The van der Waals surface area contributed by atoms with Crippen molar-refractivity contribution in [3.05, 3.63) is 65.2 Å². The van der Waals surface area contributed by atoms with Crippen LogP contribution < -0.4 is 5.32 Å². The standard InChI is InChI=1S/C17H17NO3/c1-2-5-12-8-10-13(11-9-12)16(20)18-17(21)14-6-3-4-7-15(14)19/h3-4,6-11,19H,2,5H2,1H3,(H,18,20,21). The van der Waals surface area contributed by atoms with E-state index in [9.17, 15) is 14.7 Å². The summed E-state index contributed by atoms with van der Waals surface area (Å²) < 4.78 is 0. The van der Waals surface area contributed by atoms with Crippen LogP contribution in [0, 0.1) is 0 Å². The van der Waals surface area contributed by atoms with E-state index in [1.54, 1.807) is 24.3 Å². The topological polar surface area (TPSA) is 66.4 Å². The minimum Gasteiger partial charge on any atom is -0.507 e. The van der Waals surface area contributed by atoms with Crippen LogP contribution >= 0.6 is 0 Å². The van der Waals surface area contributed by atoms with E-state index >= 15 is 0 Å². The Morgan fingerprint density at radius 2 is 1.67 bits per heavy atom. The SMILES string of the molecule is CCCc1ccc(C(=O)NC(=O)c2ccccc2O)cc1. The maximum Gasteiger partial charge on any atom is 0.261 e. The first-order valence-electron chi connectivity index (χ1n) is 6.84. The third-order valence-electron chi connectivity index (χ3n) is 3.13. The Morgan fingerprint density at radius 1 is 1.00 bits per heavy atom. The van der Waals surface area contributed by atoms with Crippen LogP contribution in [0.3, 0.4) is 0 Å². The lowest BCUT2D eigenvalue weighted by molar-refractivity contribution is 0.0848. The summed E-state index contributed by atoms with van der Waals surface area (Å²) in [5.74, 6) is -1.25. The lowest BCUT2D eigenvalue weighted by Crippen LogP contribution is -2.30. The van der Waals surface area contributed by atoms with Crippen molar-refractivity contribution in [2.75, 3.05) is 0 Å². The highest BCUT2D eigenvalue weighted by Gasteiger charge is 2.14. The second-order valence-corrected chi connectivity index (χ2v) is 4.75. The van der Waals surface area contributed by atoms with Gasteiger partial charge in [-0.1, -0.05) is 37.6 Å². The van der Waals surface area contributed by atoms with Gasteiger partial charge < -0.3 is 5.11 Å². The molecule has 0 bridgehead atoms. The molecule has 2 rings (SSSR count). The Bertz CT molecular complexity index is 647. The van der Waals surface area contributed by atoms with Crippen molar-refractivity contribution in [3.63, 3.8) is 0 Å². The van der Waals surface area contributed by atoms with Crippen molar-refractivity contribution in [2.45, 2.75) is 19.8 Å². The third kappa shape index (κ3) is 3.69. The number of hydrogen-bond acceptors (Lipinski definition) is 3. The Kier molecular flexibility index (Phi) is 4.72. The zero-order chi connectivity index (χ0) is 15.2. The van der Waals surface area contributed by atoms with E-state index in [-0.39, 0.29) is 11.3 Å². The number of benzene rings is 2. The van der Waals surface area contributed by atoms with Gasteiger partial charge in [-0.15, -0.1) is 0 Å². The zero-order valence-electron chi connectivity index (χ0n) is 11.8. The van der Waals surface area contributed by atoms with Crippen molar-refractivity contribution in [2.24, 2.45) is 0 Å². The van der Waals surface area contributed by atoms with Crippen molar-refractivity contribution >= 4 is 11.8 Å². The highest BCUT2D eigenvalue weighted by Crippen LogP contribution is 2.15. The summed E-state index contributed by atoms with van der Waals surface area (Å²) >= 11 is 0. The fraction of sp³-hybridized carbons (Fsp3) is 0.176. The van der Waals surface area contributed by atoms with Crippen LogP contribution in [0.25, 0.3) is 0 Å². The van der Waals surface area contributed by atoms with E-state index in [1.807, 2.05) is 12.1 Å². The number of phenols is 1. The molecule has 108 valence electrons. The van der Waals surface area contributed by atoms with Crippen LogP contribution in [0.2, 0.25) is 0 Å². The predicted octanol–water partition coefficient (Wildman–Crippen LogP) is 2.91. The lowest BCUT2D eigenvalue weighted by Gasteiger charge is -2.06. The van der Waals surface area contributed by atoms with Crippen LogP contribution in [-0.4, -0.2) is 16.9 Å². The second-order valence-electron chi connectivity index (χ2n) is 4.75. The first-order valence-corrected chi connectivity index (χ1v) is 6.84. The number of carbonyl (C=O) groups is 2. The molecule has 0 spiro atoms. The molecule has 0 aliphatic rings. The number of hydrogen-bond donors (Lipinski definition) is 2. The van der Waals surface area contributed by atoms with Gasteiger partial charge in [0, 0.05) is 5.56 Å². The van der Waals surface area contributed by atoms with Gasteiger partial charge in [0.25, 0.3) is 11.8 Å². The molecule has 2 aromatic carbocycles. The first kappa shape index (κ1) is 14.8. The largest absolute Gasteiger partial charge is 0.507 e. The number of carbonyl (C=O) groups excluding carboxylic acids is 2. The fourth-order valence-corrected chi connectivity index (χ4v) is 2.02. The average molecular weight is 283 g/mol. The summed E-state index contributed by atoms with van der Waals surface area (Å²) in [6.07, 6.45) is 2.00. The molecular formula is C17H17NO3. The van der Waals surface area contributed by atoms with Crippen molar-refractivity contribution in [1.82, 2.24) is 5.32 Å². The molecule has 0 fully saturated rings. The molecule has 0 unspecified atom stereocenters. The van der Waals surface area contributed by atoms with E-state index in [0.717, 1.165) is 18.4 Å². The first-order chi connectivity index (χ1) is 10.1. The number of rotatable bonds is 4. The maximum absolute atomic E-state index is 12.0. The zero-order valence-corrected chi connectivity index (χ0v) is 11.8. The number of amides is 2. The maximum atomic E-state index is 12.0. The summed E-state index contributed by atoms with van der Waals surface area (Å²) in [5.41, 5.74) is 1.65. The van der Waals surface area contributed by atoms with Crippen LogP contribution in [0.1, 0.15) is 39.6 Å². The fourth-order valence-electron chi connectivity index (χ4n) is 2.02. The van der Waals surface area contributed by atoms with Crippen molar-refractivity contribution < 1.29 is 14.7 Å². The monoisotopic (exact) mass is 283 g/mol. The van der Waals surface area contributed by atoms with Gasteiger partial charge in [0.2, 0.25) is 0 Å². The quantitative estimate of drug-likeness (QED) is 0.848. The molecule has 4 nitrogen and oxygen atoms in total. The minimum absolute atomic E-state index is 0.0773. The molecule has 0 aliphatic carbocycles. The van der Waals surface area contributed by atoms with Crippen molar-refractivity contribution in [3.8, 4) is 5.75 Å². The number of aromatic hydroxyl groups is 1. The molecule has 2 N–H and O–H groups in total. The molecule has 0 atom stereocenters. The molecule has 0 radical (unpaired) electrons. The van der Waals surface area contributed by atoms with Gasteiger partial charge in [0.05, 0.1) is 5.56 Å². The molecule has 21 heavy (non-hydrogen) atoms. The summed E-state index contributed by atoms with van der Waals surface area (Å²) in [7, 11) is 0. The molecule has 2 aromatic rings. The summed E-state index contributed by atoms with van der Waals surface area (Å²) in [5, 5.41) is 11.9.